The number of primary amides is 1. The van der Waals surface area contributed by atoms with E-state index in [0.717, 1.165) is 50.6 Å². The summed E-state index contributed by atoms with van der Waals surface area (Å²) in [6.45, 7) is 7.06. The van der Waals surface area contributed by atoms with Gasteiger partial charge in [-0.05, 0) is 36.7 Å². The van der Waals surface area contributed by atoms with Crippen molar-refractivity contribution in [3.63, 3.8) is 0 Å². The van der Waals surface area contributed by atoms with Crippen LogP contribution >= 0.6 is 0 Å². The monoisotopic (exact) mass is 291 g/mol. The van der Waals surface area contributed by atoms with Crippen molar-refractivity contribution >= 4 is 11.6 Å². The van der Waals surface area contributed by atoms with Crippen molar-refractivity contribution in [1.29, 1.82) is 0 Å². The Balaban J connectivity index is 1.93. The van der Waals surface area contributed by atoms with E-state index in [2.05, 4.69) is 24.1 Å². The van der Waals surface area contributed by atoms with Crippen molar-refractivity contribution < 1.29 is 9.53 Å². The van der Waals surface area contributed by atoms with Gasteiger partial charge in [0.1, 0.15) is 0 Å². The normalized spacial score (nSPS) is 16.7. The molecule has 1 fully saturated rings. The number of aromatic nitrogens is 1. The van der Waals surface area contributed by atoms with Gasteiger partial charge in [0.15, 0.2) is 0 Å². The summed E-state index contributed by atoms with van der Waals surface area (Å²) in [4.78, 5) is 15.3. The largest absolute Gasteiger partial charge is 0.384 e. The third-order valence-electron chi connectivity index (χ3n) is 4.03. The molecular weight excluding hydrogens is 266 g/mol. The number of nitrogens with one attached hydrogen (secondary N) is 1. The maximum absolute atomic E-state index is 11.4. The highest BCUT2D eigenvalue weighted by atomic mass is 16.5. The fourth-order valence-electron chi connectivity index (χ4n) is 2.88. The minimum absolute atomic E-state index is 0.153. The highest BCUT2D eigenvalue weighted by Gasteiger charge is 2.25. The van der Waals surface area contributed by atoms with Crippen LogP contribution in [0.4, 0.5) is 5.69 Å². The van der Waals surface area contributed by atoms with Crippen molar-refractivity contribution in [2.45, 2.75) is 33.1 Å². The lowest BCUT2D eigenvalue weighted by molar-refractivity contribution is 0.0526. The molecule has 1 aliphatic rings. The van der Waals surface area contributed by atoms with E-state index in [0.29, 0.717) is 5.56 Å². The average Bonchev–Trinajstić information content (AvgIpc) is 2.46. The zero-order valence-corrected chi connectivity index (χ0v) is 12.9. The van der Waals surface area contributed by atoms with Crippen LogP contribution in [0.1, 0.15) is 43.5 Å². The Labute approximate surface area is 126 Å². The van der Waals surface area contributed by atoms with Crippen molar-refractivity contribution in [1.82, 2.24) is 4.98 Å². The molecule has 5 nitrogen and oxygen atoms in total. The molecule has 21 heavy (non-hydrogen) atoms. The lowest BCUT2D eigenvalue weighted by atomic mass is 9.79. The molecule has 1 amide bonds. The van der Waals surface area contributed by atoms with Crippen molar-refractivity contribution in [2.24, 2.45) is 17.1 Å². The highest BCUT2D eigenvalue weighted by Crippen LogP contribution is 2.31. The van der Waals surface area contributed by atoms with E-state index in [1.54, 1.807) is 12.3 Å². The number of carbonyl (C=O) groups is 1. The van der Waals surface area contributed by atoms with Gasteiger partial charge in [-0.15, -0.1) is 0 Å². The number of nitrogens with two attached hydrogens (primary N) is 1. The number of rotatable bonds is 6. The van der Waals surface area contributed by atoms with Crippen LogP contribution in [0, 0.1) is 11.3 Å². The SMILES string of the molecule is CC(C)(CNc1ccncc1C(N)=O)CC1CCOCC1. The Kier molecular flexibility index (Phi) is 5.17. The summed E-state index contributed by atoms with van der Waals surface area (Å²) >= 11 is 0. The van der Waals surface area contributed by atoms with Crippen molar-refractivity contribution in [2.75, 3.05) is 25.1 Å². The summed E-state index contributed by atoms with van der Waals surface area (Å²) in [5, 5.41) is 3.35. The smallest absolute Gasteiger partial charge is 0.252 e. The van der Waals surface area contributed by atoms with E-state index in [1.165, 1.54) is 6.20 Å². The quantitative estimate of drug-likeness (QED) is 0.844. The Hall–Kier alpha value is -1.62. The van der Waals surface area contributed by atoms with Crippen LogP contribution in [-0.2, 0) is 4.74 Å². The molecule has 0 unspecified atom stereocenters. The molecule has 0 spiro atoms. The van der Waals surface area contributed by atoms with Crippen molar-refractivity contribution in [3.05, 3.63) is 24.0 Å². The second-order valence-electron chi connectivity index (χ2n) is 6.56. The van der Waals surface area contributed by atoms with Gasteiger partial charge in [-0.3, -0.25) is 9.78 Å². The molecule has 0 aliphatic carbocycles. The number of carbonyl (C=O) groups excluding carboxylic acids is 1. The van der Waals surface area contributed by atoms with Gasteiger partial charge < -0.3 is 15.8 Å². The Morgan fingerprint density at radius 1 is 1.48 bits per heavy atom. The minimum Gasteiger partial charge on any atom is -0.384 e. The summed E-state index contributed by atoms with van der Waals surface area (Å²) in [5.41, 5.74) is 6.73. The molecule has 0 atom stereocenters. The molecule has 1 aromatic rings. The molecule has 5 heteroatoms. The first-order valence-corrected chi connectivity index (χ1v) is 7.53. The number of pyridine rings is 1. The van der Waals surface area contributed by atoms with Crippen LogP contribution in [-0.4, -0.2) is 30.6 Å². The van der Waals surface area contributed by atoms with Gasteiger partial charge >= 0.3 is 0 Å². The first-order valence-electron chi connectivity index (χ1n) is 7.53. The summed E-state index contributed by atoms with van der Waals surface area (Å²) in [6, 6.07) is 1.80. The molecule has 0 radical (unpaired) electrons. The van der Waals surface area contributed by atoms with Crippen LogP contribution in [0.5, 0.6) is 0 Å². The summed E-state index contributed by atoms with van der Waals surface area (Å²) in [5.74, 6) is 0.274. The number of hydrogen-bond donors (Lipinski definition) is 2. The van der Waals surface area contributed by atoms with Gasteiger partial charge in [0.25, 0.3) is 5.91 Å². The fraction of sp³-hybridized carbons (Fsp3) is 0.625. The topological polar surface area (TPSA) is 77.2 Å². The average molecular weight is 291 g/mol. The van der Waals surface area contributed by atoms with Crippen LogP contribution in [0.25, 0.3) is 0 Å². The van der Waals surface area contributed by atoms with Gasteiger partial charge in [0.2, 0.25) is 0 Å². The van der Waals surface area contributed by atoms with Crippen LogP contribution in [0.2, 0.25) is 0 Å². The van der Waals surface area contributed by atoms with Gasteiger partial charge in [-0.2, -0.15) is 0 Å². The predicted octanol–water partition coefficient (Wildman–Crippen LogP) is 2.44. The first kappa shape index (κ1) is 15.8. The van der Waals surface area contributed by atoms with E-state index < -0.39 is 5.91 Å². The van der Waals surface area contributed by atoms with Crippen LogP contribution in [0.15, 0.2) is 18.5 Å². The summed E-state index contributed by atoms with van der Waals surface area (Å²) in [7, 11) is 0. The maximum Gasteiger partial charge on any atom is 0.252 e. The molecular formula is C16H25N3O2. The van der Waals surface area contributed by atoms with E-state index in [1.807, 2.05) is 0 Å². The molecule has 1 aromatic heterocycles. The molecule has 0 aromatic carbocycles. The van der Waals surface area contributed by atoms with E-state index in [9.17, 15) is 4.79 Å². The number of anilines is 1. The van der Waals surface area contributed by atoms with Crippen LogP contribution < -0.4 is 11.1 Å². The second-order valence-corrected chi connectivity index (χ2v) is 6.56. The number of ether oxygens (including phenoxy) is 1. The predicted molar refractivity (Wildman–Crippen MR) is 83.2 cm³/mol. The number of nitrogens with zero attached hydrogens (tertiary/aromatic N) is 1. The molecule has 2 heterocycles. The minimum atomic E-state index is -0.451. The van der Waals surface area contributed by atoms with E-state index >= 15 is 0 Å². The Morgan fingerprint density at radius 3 is 2.86 bits per heavy atom. The van der Waals surface area contributed by atoms with Gasteiger partial charge in [0.05, 0.1) is 11.3 Å². The lowest BCUT2D eigenvalue weighted by Crippen LogP contribution is -2.29. The number of amides is 1. The Bertz CT molecular complexity index is 482. The molecule has 1 aliphatic heterocycles. The van der Waals surface area contributed by atoms with Gasteiger partial charge in [-0.1, -0.05) is 13.8 Å². The standard InChI is InChI=1S/C16H25N3O2/c1-16(2,9-12-4-7-21-8-5-12)11-19-14-3-6-18-10-13(14)15(17)20/h3,6,10,12H,4-5,7-9,11H2,1-2H3,(H2,17,20)(H,18,19). The lowest BCUT2D eigenvalue weighted by Gasteiger charge is -2.32. The summed E-state index contributed by atoms with van der Waals surface area (Å²) in [6.07, 6.45) is 6.62. The van der Waals surface area contributed by atoms with Crippen molar-refractivity contribution in [3.8, 4) is 0 Å². The fourth-order valence-corrected chi connectivity index (χ4v) is 2.88. The third kappa shape index (κ3) is 4.70. The zero-order valence-electron chi connectivity index (χ0n) is 12.9. The summed E-state index contributed by atoms with van der Waals surface area (Å²) < 4.78 is 5.41. The van der Waals surface area contributed by atoms with E-state index in [4.69, 9.17) is 10.5 Å². The number of hydrogen-bond acceptors (Lipinski definition) is 4. The maximum atomic E-state index is 11.4. The molecule has 116 valence electrons. The molecule has 3 N–H and O–H groups in total. The first-order chi connectivity index (χ1) is 9.98. The van der Waals surface area contributed by atoms with Gasteiger partial charge in [-0.25, -0.2) is 0 Å². The molecule has 0 saturated carbocycles. The highest BCUT2D eigenvalue weighted by molar-refractivity contribution is 5.98. The molecule has 1 saturated heterocycles. The molecule has 0 bridgehead atoms. The zero-order chi connectivity index (χ0) is 15.3. The second kappa shape index (κ2) is 6.89. The van der Waals surface area contributed by atoms with Crippen LogP contribution in [0.3, 0.4) is 0 Å². The third-order valence-corrected chi connectivity index (χ3v) is 4.03. The van der Waals surface area contributed by atoms with E-state index in [-0.39, 0.29) is 5.41 Å². The molecule has 2 rings (SSSR count). The van der Waals surface area contributed by atoms with Gasteiger partial charge in [0, 0.05) is 32.2 Å². The Morgan fingerprint density at radius 2 is 2.19 bits per heavy atom.